The van der Waals surface area contributed by atoms with Crippen molar-refractivity contribution in [3.8, 4) is 0 Å². The number of hydrogen-bond donors (Lipinski definition) is 2. The van der Waals surface area contributed by atoms with Crippen molar-refractivity contribution in [2.75, 3.05) is 19.8 Å². The average molecular weight is 242 g/mol. The fraction of sp³-hybridized carbons (Fsp3) is 0.923. The smallest absolute Gasteiger partial charge is 0.234 e. The van der Waals surface area contributed by atoms with Crippen molar-refractivity contribution in [1.29, 1.82) is 0 Å². The Hall–Kier alpha value is -0.610. The Morgan fingerprint density at radius 1 is 1.47 bits per heavy atom. The standard InChI is InChI=1S/C13H26N2O2/c1-2-8-15-12(13(14)16)7-9-17-10-11-5-3-4-6-11/h11-12,15H,2-10H2,1H3,(H2,14,16). The summed E-state index contributed by atoms with van der Waals surface area (Å²) in [5.41, 5.74) is 5.32. The molecule has 1 unspecified atom stereocenters. The number of primary amides is 1. The van der Waals surface area contributed by atoms with Gasteiger partial charge >= 0.3 is 0 Å². The number of carbonyl (C=O) groups is 1. The van der Waals surface area contributed by atoms with Crippen LogP contribution in [0.3, 0.4) is 0 Å². The quantitative estimate of drug-likeness (QED) is 0.601. The molecule has 1 saturated carbocycles. The van der Waals surface area contributed by atoms with Crippen LogP contribution in [0.4, 0.5) is 0 Å². The molecular formula is C13H26N2O2. The summed E-state index contributed by atoms with van der Waals surface area (Å²) in [5, 5.41) is 3.14. The topological polar surface area (TPSA) is 64.3 Å². The highest BCUT2D eigenvalue weighted by molar-refractivity contribution is 5.79. The van der Waals surface area contributed by atoms with Crippen LogP contribution < -0.4 is 11.1 Å². The number of nitrogens with two attached hydrogens (primary N) is 1. The Kier molecular flexibility index (Phi) is 7.21. The molecule has 1 fully saturated rings. The van der Waals surface area contributed by atoms with E-state index in [1.165, 1.54) is 25.7 Å². The maximum atomic E-state index is 11.2. The van der Waals surface area contributed by atoms with Gasteiger partial charge < -0.3 is 15.8 Å². The van der Waals surface area contributed by atoms with Crippen molar-refractivity contribution in [2.24, 2.45) is 11.7 Å². The molecule has 0 aromatic rings. The van der Waals surface area contributed by atoms with Crippen LogP contribution in [-0.4, -0.2) is 31.7 Å². The van der Waals surface area contributed by atoms with Crippen molar-refractivity contribution in [3.05, 3.63) is 0 Å². The molecule has 1 amide bonds. The van der Waals surface area contributed by atoms with Crippen molar-refractivity contribution in [2.45, 2.75) is 51.5 Å². The van der Waals surface area contributed by atoms with Gasteiger partial charge in [-0.3, -0.25) is 4.79 Å². The minimum absolute atomic E-state index is 0.237. The molecular weight excluding hydrogens is 216 g/mol. The summed E-state index contributed by atoms with van der Waals surface area (Å²) in [6, 6.07) is -0.237. The maximum absolute atomic E-state index is 11.2. The van der Waals surface area contributed by atoms with Crippen LogP contribution in [0.25, 0.3) is 0 Å². The number of ether oxygens (including phenoxy) is 1. The highest BCUT2D eigenvalue weighted by atomic mass is 16.5. The molecule has 1 atom stereocenters. The van der Waals surface area contributed by atoms with Crippen LogP contribution in [0.5, 0.6) is 0 Å². The SMILES string of the molecule is CCCNC(CCOCC1CCCC1)C(N)=O. The molecule has 0 radical (unpaired) electrons. The van der Waals surface area contributed by atoms with E-state index in [-0.39, 0.29) is 11.9 Å². The van der Waals surface area contributed by atoms with E-state index in [9.17, 15) is 4.79 Å². The highest BCUT2D eigenvalue weighted by Gasteiger charge is 2.16. The summed E-state index contributed by atoms with van der Waals surface area (Å²) in [7, 11) is 0. The summed E-state index contributed by atoms with van der Waals surface area (Å²) < 4.78 is 5.63. The first-order chi connectivity index (χ1) is 8.24. The van der Waals surface area contributed by atoms with Gasteiger partial charge in [0.15, 0.2) is 0 Å². The second-order valence-corrected chi connectivity index (χ2v) is 4.92. The zero-order valence-electron chi connectivity index (χ0n) is 10.9. The van der Waals surface area contributed by atoms with Crippen LogP contribution in [-0.2, 0) is 9.53 Å². The number of carbonyl (C=O) groups excluding carboxylic acids is 1. The van der Waals surface area contributed by atoms with Gasteiger partial charge in [0.1, 0.15) is 0 Å². The van der Waals surface area contributed by atoms with Crippen LogP contribution in [0, 0.1) is 5.92 Å². The Morgan fingerprint density at radius 3 is 2.76 bits per heavy atom. The van der Waals surface area contributed by atoms with Gasteiger partial charge in [0, 0.05) is 13.2 Å². The normalized spacial score (nSPS) is 18.4. The number of nitrogens with one attached hydrogen (secondary N) is 1. The van der Waals surface area contributed by atoms with Crippen molar-refractivity contribution >= 4 is 5.91 Å². The molecule has 100 valence electrons. The lowest BCUT2D eigenvalue weighted by atomic mass is 10.1. The van der Waals surface area contributed by atoms with Gasteiger partial charge in [-0.2, -0.15) is 0 Å². The van der Waals surface area contributed by atoms with E-state index < -0.39 is 0 Å². The second kappa shape index (κ2) is 8.48. The van der Waals surface area contributed by atoms with Crippen molar-refractivity contribution in [3.63, 3.8) is 0 Å². The van der Waals surface area contributed by atoms with Crippen molar-refractivity contribution < 1.29 is 9.53 Å². The third kappa shape index (κ3) is 6.03. The summed E-state index contributed by atoms with van der Waals surface area (Å²) in [5.74, 6) is 0.466. The fourth-order valence-electron chi connectivity index (χ4n) is 2.29. The lowest BCUT2D eigenvalue weighted by Crippen LogP contribution is -2.42. The van der Waals surface area contributed by atoms with Gasteiger partial charge in [0.05, 0.1) is 6.04 Å². The average Bonchev–Trinajstić information content (AvgIpc) is 2.80. The summed E-state index contributed by atoms with van der Waals surface area (Å²) >= 11 is 0. The molecule has 17 heavy (non-hydrogen) atoms. The van der Waals surface area contributed by atoms with Crippen LogP contribution in [0.2, 0.25) is 0 Å². The fourth-order valence-corrected chi connectivity index (χ4v) is 2.29. The molecule has 0 heterocycles. The first-order valence-electron chi connectivity index (χ1n) is 6.84. The molecule has 0 aromatic carbocycles. The Balaban J connectivity index is 2.06. The van der Waals surface area contributed by atoms with Gasteiger partial charge in [-0.25, -0.2) is 0 Å². The Labute approximate surface area is 104 Å². The van der Waals surface area contributed by atoms with E-state index in [0.717, 1.165) is 25.5 Å². The van der Waals surface area contributed by atoms with Crippen LogP contribution in [0.15, 0.2) is 0 Å². The molecule has 0 saturated heterocycles. The predicted octanol–water partition coefficient (Wildman–Crippen LogP) is 1.44. The molecule has 4 nitrogen and oxygen atoms in total. The minimum Gasteiger partial charge on any atom is -0.381 e. The van der Waals surface area contributed by atoms with Crippen LogP contribution in [0.1, 0.15) is 45.4 Å². The maximum Gasteiger partial charge on any atom is 0.234 e. The summed E-state index contributed by atoms with van der Waals surface area (Å²) in [6.07, 6.45) is 6.97. The first kappa shape index (κ1) is 14.5. The number of amides is 1. The third-order valence-electron chi connectivity index (χ3n) is 3.36. The van der Waals surface area contributed by atoms with E-state index in [1.807, 2.05) is 0 Å². The molecule has 1 aliphatic carbocycles. The molecule has 0 spiro atoms. The number of hydrogen-bond acceptors (Lipinski definition) is 3. The summed E-state index contributed by atoms with van der Waals surface area (Å²) in [4.78, 5) is 11.2. The zero-order chi connectivity index (χ0) is 12.5. The monoisotopic (exact) mass is 242 g/mol. The molecule has 0 aliphatic heterocycles. The molecule has 1 aliphatic rings. The Bertz CT molecular complexity index is 215. The van der Waals surface area contributed by atoms with Gasteiger partial charge in [-0.05, 0) is 38.1 Å². The van der Waals surface area contributed by atoms with E-state index in [2.05, 4.69) is 12.2 Å². The number of rotatable bonds is 9. The van der Waals surface area contributed by atoms with Crippen LogP contribution >= 0.6 is 0 Å². The van der Waals surface area contributed by atoms with Gasteiger partial charge in [0.2, 0.25) is 5.91 Å². The minimum atomic E-state index is -0.275. The lowest BCUT2D eigenvalue weighted by molar-refractivity contribution is -0.120. The van der Waals surface area contributed by atoms with Gasteiger partial charge in [0.25, 0.3) is 0 Å². The predicted molar refractivity (Wildman–Crippen MR) is 68.7 cm³/mol. The molecule has 3 N–H and O–H groups in total. The summed E-state index contributed by atoms with van der Waals surface area (Å²) in [6.45, 7) is 4.37. The molecule has 4 heteroatoms. The van der Waals surface area contributed by atoms with E-state index >= 15 is 0 Å². The largest absolute Gasteiger partial charge is 0.381 e. The van der Waals surface area contributed by atoms with Crippen molar-refractivity contribution in [1.82, 2.24) is 5.32 Å². The third-order valence-corrected chi connectivity index (χ3v) is 3.36. The highest BCUT2D eigenvalue weighted by Crippen LogP contribution is 2.24. The van der Waals surface area contributed by atoms with Gasteiger partial charge in [-0.1, -0.05) is 19.8 Å². The lowest BCUT2D eigenvalue weighted by Gasteiger charge is -2.16. The van der Waals surface area contributed by atoms with E-state index in [1.54, 1.807) is 0 Å². The Morgan fingerprint density at radius 2 is 2.18 bits per heavy atom. The van der Waals surface area contributed by atoms with E-state index in [0.29, 0.717) is 13.0 Å². The van der Waals surface area contributed by atoms with E-state index in [4.69, 9.17) is 10.5 Å². The molecule has 1 rings (SSSR count). The zero-order valence-corrected chi connectivity index (χ0v) is 10.9. The van der Waals surface area contributed by atoms with Gasteiger partial charge in [-0.15, -0.1) is 0 Å². The second-order valence-electron chi connectivity index (χ2n) is 4.92. The first-order valence-corrected chi connectivity index (χ1v) is 6.84. The molecule has 0 bridgehead atoms. The molecule has 0 aromatic heterocycles.